The summed E-state index contributed by atoms with van der Waals surface area (Å²) < 4.78 is 33.0. The van der Waals surface area contributed by atoms with Crippen LogP contribution in [0.5, 0.6) is 5.75 Å². The second kappa shape index (κ2) is 8.55. The summed E-state index contributed by atoms with van der Waals surface area (Å²) >= 11 is 6.00. The van der Waals surface area contributed by atoms with Crippen LogP contribution in [-0.4, -0.2) is 21.4 Å². The van der Waals surface area contributed by atoms with Gasteiger partial charge in [-0.25, -0.2) is 8.42 Å². The first kappa shape index (κ1) is 20.7. The zero-order valence-electron chi connectivity index (χ0n) is 15.8. The molecule has 0 aliphatic rings. The van der Waals surface area contributed by atoms with E-state index >= 15 is 0 Å². The standard InChI is InChI=1S/C21H19ClN2O4S/c1-14-8-9-15(21(25)23-19-13-16(22)10-11-20(19)28-2)12-18(14)24-29(26,27)17-6-4-3-5-7-17/h3-13,24H,1-2H3,(H,23,25). The first-order chi connectivity index (χ1) is 13.8. The van der Waals surface area contributed by atoms with Crippen molar-refractivity contribution in [2.75, 3.05) is 17.1 Å². The number of hydrogen-bond acceptors (Lipinski definition) is 4. The maximum Gasteiger partial charge on any atom is 0.261 e. The fraction of sp³-hybridized carbons (Fsp3) is 0.0952. The number of methoxy groups -OCH3 is 1. The molecule has 0 fully saturated rings. The third-order valence-electron chi connectivity index (χ3n) is 4.21. The highest BCUT2D eigenvalue weighted by molar-refractivity contribution is 7.92. The van der Waals surface area contributed by atoms with Crippen LogP contribution in [0.25, 0.3) is 0 Å². The topological polar surface area (TPSA) is 84.5 Å². The molecule has 6 nitrogen and oxygen atoms in total. The number of sulfonamides is 1. The Bertz CT molecular complexity index is 1150. The van der Waals surface area contributed by atoms with Gasteiger partial charge in [0.15, 0.2) is 0 Å². The summed E-state index contributed by atoms with van der Waals surface area (Å²) in [5.41, 5.74) is 1.70. The van der Waals surface area contributed by atoms with Gasteiger partial charge in [-0.1, -0.05) is 35.9 Å². The van der Waals surface area contributed by atoms with E-state index in [9.17, 15) is 13.2 Å². The molecule has 3 aromatic rings. The van der Waals surface area contributed by atoms with Crippen molar-refractivity contribution in [1.82, 2.24) is 0 Å². The molecule has 8 heteroatoms. The summed E-state index contributed by atoms with van der Waals surface area (Å²) in [6, 6.07) is 17.7. The first-order valence-electron chi connectivity index (χ1n) is 8.63. The number of rotatable bonds is 6. The zero-order chi connectivity index (χ0) is 21.0. The summed E-state index contributed by atoms with van der Waals surface area (Å²) in [5, 5.41) is 3.18. The number of nitrogens with one attached hydrogen (secondary N) is 2. The zero-order valence-corrected chi connectivity index (χ0v) is 17.3. The molecular weight excluding hydrogens is 412 g/mol. The molecule has 0 atom stereocenters. The molecule has 150 valence electrons. The van der Waals surface area contributed by atoms with Crippen molar-refractivity contribution in [3.05, 3.63) is 82.9 Å². The molecular formula is C21H19ClN2O4S. The van der Waals surface area contributed by atoms with Crippen molar-refractivity contribution in [2.45, 2.75) is 11.8 Å². The molecule has 0 saturated carbocycles. The smallest absolute Gasteiger partial charge is 0.261 e. The minimum atomic E-state index is -3.77. The van der Waals surface area contributed by atoms with Crippen LogP contribution in [0.3, 0.4) is 0 Å². The highest BCUT2D eigenvalue weighted by Crippen LogP contribution is 2.29. The highest BCUT2D eigenvalue weighted by Gasteiger charge is 2.17. The number of carbonyl (C=O) groups is 1. The van der Waals surface area contributed by atoms with Gasteiger partial charge in [-0.3, -0.25) is 9.52 Å². The third-order valence-corrected chi connectivity index (χ3v) is 5.82. The molecule has 0 aliphatic heterocycles. The predicted octanol–water partition coefficient (Wildman–Crippen LogP) is 4.71. The fourth-order valence-corrected chi connectivity index (χ4v) is 3.96. The Balaban J connectivity index is 1.87. The number of amides is 1. The van der Waals surface area contributed by atoms with E-state index in [1.165, 1.54) is 25.3 Å². The molecule has 0 aromatic heterocycles. The summed E-state index contributed by atoms with van der Waals surface area (Å²) in [5.74, 6) is 0.0330. The lowest BCUT2D eigenvalue weighted by Gasteiger charge is -2.14. The summed E-state index contributed by atoms with van der Waals surface area (Å²) in [6.45, 7) is 1.75. The second-order valence-corrected chi connectivity index (χ2v) is 8.37. The average molecular weight is 431 g/mol. The molecule has 29 heavy (non-hydrogen) atoms. The van der Waals surface area contributed by atoms with Crippen LogP contribution in [0.2, 0.25) is 5.02 Å². The maximum atomic E-state index is 12.7. The molecule has 0 radical (unpaired) electrons. The molecule has 0 aliphatic carbocycles. The summed E-state index contributed by atoms with van der Waals surface area (Å²) in [4.78, 5) is 12.8. The Kier molecular flexibility index (Phi) is 6.10. The van der Waals surface area contributed by atoms with Gasteiger partial charge in [0.1, 0.15) is 5.75 Å². The van der Waals surface area contributed by atoms with Gasteiger partial charge >= 0.3 is 0 Å². The quantitative estimate of drug-likeness (QED) is 0.593. The highest BCUT2D eigenvalue weighted by atomic mass is 35.5. The number of hydrogen-bond donors (Lipinski definition) is 2. The largest absolute Gasteiger partial charge is 0.495 e. The van der Waals surface area contributed by atoms with Crippen molar-refractivity contribution in [3.63, 3.8) is 0 Å². The third kappa shape index (κ3) is 4.88. The lowest BCUT2D eigenvalue weighted by molar-refractivity contribution is 0.102. The van der Waals surface area contributed by atoms with E-state index in [-0.39, 0.29) is 10.5 Å². The van der Waals surface area contributed by atoms with Crippen LogP contribution in [0.1, 0.15) is 15.9 Å². The van der Waals surface area contributed by atoms with Gasteiger partial charge in [0, 0.05) is 10.6 Å². The molecule has 2 N–H and O–H groups in total. The number of aryl methyl sites for hydroxylation is 1. The van der Waals surface area contributed by atoms with Crippen LogP contribution in [-0.2, 0) is 10.0 Å². The van der Waals surface area contributed by atoms with Crippen molar-refractivity contribution in [1.29, 1.82) is 0 Å². The maximum absolute atomic E-state index is 12.7. The molecule has 3 rings (SSSR count). The van der Waals surface area contributed by atoms with E-state index in [2.05, 4.69) is 10.0 Å². The Morgan fingerprint density at radius 1 is 0.966 bits per heavy atom. The monoisotopic (exact) mass is 430 g/mol. The Hall–Kier alpha value is -3.03. The summed E-state index contributed by atoms with van der Waals surface area (Å²) in [7, 11) is -2.29. The lowest BCUT2D eigenvalue weighted by atomic mass is 10.1. The molecule has 0 bridgehead atoms. The van der Waals surface area contributed by atoms with Crippen LogP contribution in [0.4, 0.5) is 11.4 Å². The van der Waals surface area contributed by atoms with Crippen LogP contribution < -0.4 is 14.8 Å². The Morgan fingerprint density at radius 3 is 2.38 bits per heavy atom. The van der Waals surface area contributed by atoms with Gasteiger partial charge < -0.3 is 10.1 Å². The molecule has 0 saturated heterocycles. The average Bonchev–Trinajstić information content (AvgIpc) is 2.70. The minimum Gasteiger partial charge on any atom is -0.495 e. The van der Waals surface area contributed by atoms with Gasteiger partial charge in [0.25, 0.3) is 15.9 Å². The number of carbonyl (C=O) groups excluding carboxylic acids is 1. The molecule has 0 unspecified atom stereocenters. The van der Waals surface area contributed by atoms with E-state index in [0.717, 1.165) is 0 Å². The molecule has 0 heterocycles. The van der Waals surface area contributed by atoms with E-state index < -0.39 is 15.9 Å². The SMILES string of the molecule is COc1ccc(Cl)cc1NC(=O)c1ccc(C)c(NS(=O)(=O)c2ccccc2)c1. The number of ether oxygens (including phenoxy) is 1. The fourth-order valence-electron chi connectivity index (χ4n) is 2.65. The normalized spacial score (nSPS) is 11.0. The second-order valence-electron chi connectivity index (χ2n) is 6.25. The van der Waals surface area contributed by atoms with Gasteiger partial charge in [-0.05, 0) is 55.0 Å². The van der Waals surface area contributed by atoms with Crippen molar-refractivity contribution in [2.24, 2.45) is 0 Å². The van der Waals surface area contributed by atoms with Crippen molar-refractivity contribution >= 4 is 38.9 Å². The van der Waals surface area contributed by atoms with E-state index in [1.54, 1.807) is 55.5 Å². The predicted molar refractivity (Wildman–Crippen MR) is 114 cm³/mol. The Labute approximate surface area is 174 Å². The van der Waals surface area contributed by atoms with Gasteiger partial charge in [0.05, 0.1) is 23.4 Å². The molecule has 3 aromatic carbocycles. The van der Waals surface area contributed by atoms with Crippen LogP contribution >= 0.6 is 11.6 Å². The Morgan fingerprint density at radius 2 is 1.69 bits per heavy atom. The van der Waals surface area contributed by atoms with Crippen LogP contribution in [0.15, 0.2) is 71.6 Å². The summed E-state index contributed by atoms with van der Waals surface area (Å²) in [6.07, 6.45) is 0. The van der Waals surface area contributed by atoms with Crippen LogP contribution in [0, 0.1) is 6.92 Å². The van der Waals surface area contributed by atoms with Crippen molar-refractivity contribution in [3.8, 4) is 5.75 Å². The number of anilines is 2. The van der Waals surface area contributed by atoms with E-state index in [4.69, 9.17) is 16.3 Å². The van der Waals surface area contributed by atoms with E-state index in [0.29, 0.717) is 27.7 Å². The van der Waals surface area contributed by atoms with Crippen molar-refractivity contribution < 1.29 is 17.9 Å². The molecule has 0 spiro atoms. The minimum absolute atomic E-state index is 0.137. The number of benzene rings is 3. The van der Waals surface area contributed by atoms with Gasteiger partial charge in [-0.2, -0.15) is 0 Å². The molecule has 1 amide bonds. The van der Waals surface area contributed by atoms with Gasteiger partial charge in [0.2, 0.25) is 0 Å². The number of halogens is 1. The van der Waals surface area contributed by atoms with Gasteiger partial charge in [-0.15, -0.1) is 0 Å². The van der Waals surface area contributed by atoms with E-state index in [1.807, 2.05) is 0 Å². The lowest BCUT2D eigenvalue weighted by Crippen LogP contribution is -2.16. The first-order valence-corrected chi connectivity index (χ1v) is 10.5.